The van der Waals surface area contributed by atoms with Crippen molar-refractivity contribution >= 4 is 35.5 Å². The molecule has 0 radical (unpaired) electrons. The number of hydrogen-bond donors (Lipinski definition) is 1. The van der Waals surface area contributed by atoms with E-state index in [0.29, 0.717) is 5.75 Å². The molecule has 3 aromatic rings. The number of benzene rings is 2. The van der Waals surface area contributed by atoms with E-state index in [4.69, 9.17) is 0 Å². The zero-order chi connectivity index (χ0) is 13.2. The molecule has 0 aliphatic heterocycles. The number of nitrogens with zero attached hydrogens (tertiary/aromatic N) is 2. The van der Waals surface area contributed by atoms with Gasteiger partial charge in [0.15, 0.2) is 0 Å². The van der Waals surface area contributed by atoms with Gasteiger partial charge in [0.25, 0.3) is 0 Å². The van der Waals surface area contributed by atoms with E-state index in [1.807, 2.05) is 24.3 Å². The van der Waals surface area contributed by atoms with Crippen LogP contribution in [0.3, 0.4) is 0 Å². The van der Waals surface area contributed by atoms with Gasteiger partial charge in [-0.25, -0.2) is 0 Å². The molecule has 0 amide bonds. The molecule has 1 heterocycles. The van der Waals surface area contributed by atoms with Gasteiger partial charge in [0.2, 0.25) is 0 Å². The summed E-state index contributed by atoms with van der Waals surface area (Å²) < 4.78 is 2.07. The first-order valence-electron chi connectivity index (χ1n) is 6.00. The van der Waals surface area contributed by atoms with Gasteiger partial charge in [-0.1, -0.05) is 0 Å². The van der Waals surface area contributed by atoms with Crippen LogP contribution in [0.1, 0.15) is 5.56 Å². The topological polar surface area (TPSA) is 46.0 Å². The van der Waals surface area contributed by atoms with Gasteiger partial charge in [0.1, 0.15) is 0 Å². The van der Waals surface area contributed by atoms with E-state index in [9.17, 15) is 5.11 Å². The molecular formula is C15H13AsN2O. The maximum absolute atomic E-state index is 9.89. The van der Waals surface area contributed by atoms with E-state index in [1.54, 1.807) is 12.4 Å². The molecule has 1 aromatic heterocycles. The normalized spacial score (nSPS) is 11.4. The van der Waals surface area contributed by atoms with Gasteiger partial charge < -0.3 is 0 Å². The summed E-state index contributed by atoms with van der Waals surface area (Å²) in [6.07, 6.45) is 1.61. The number of phenols is 1. The number of hydrogen-bond acceptors (Lipinski definition) is 3. The minimum atomic E-state index is -0.661. The summed E-state index contributed by atoms with van der Waals surface area (Å²) in [4.78, 5) is 8.71. The Kier molecular flexibility index (Phi) is 3.22. The van der Waals surface area contributed by atoms with Crippen molar-refractivity contribution in [1.82, 2.24) is 9.97 Å². The number of aromatic nitrogens is 2. The van der Waals surface area contributed by atoms with Crippen molar-refractivity contribution in [3.63, 3.8) is 0 Å². The molecule has 1 atom stereocenters. The molecule has 1 unspecified atom stereocenters. The molecule has 0 aliphatic rings. The van der Waals surface area contributed by atoms with Gasteiger partial charge in [-0.3, -0.25) is 0 Å². The predicted molar refractivity (Wildman–Crippen MR) is 78.8 cm³/mol. The summed E-state index contributed by atoms with van der Waals surface area (Å²) in [6.45, 7) is 2.07. The number of aromatic hydroxyl groups is 1. The molecule has 0 bridgehead atoms. The second-order valence-corrected chi connectivity index (χ2v) is 7.03. The molecule has 3 nitrogen and oxygen atoms in total. The molecule has 0 saturated heterocycles. The average Bonchev–Trinajstić information content (AvgIpc) is 2.42. The molecule has 3 rings (SSSR count). The fourth-order valence-electron chi connectivity index (χ4n) is 1.98. The minimum absolute atomic E-state index is 0.363. The van der Waals surface area contributed by atoms with Gasteiger partial charge in [-0.15, -0.1) is 0 Å². The van der Waals surface area contributed by atoms with Crippen LogP contribution in [0.25, 0.3) is 10.9 Å². The fraction of sp³-hybridized carbons (Fsp3) is 0.0667. The second-order valence-electron chi connectivity index (χ2n) is 4.39. The van der Waals surface area contributed by atoms with Gasteiger partial charge in [-0.2, -0.15) is 0 Å². The molecule has 2 aromatic carbocycles. The first-order chi connectivity index (χ1) is 9.24. The van der Waals surface area contributed by atoms with E-state index in [1.165, 1.54) is 5.56 Å². The number of fused-ring (bicyclic) bond motifs is 1. The second kappa shape index (κ2) is 5.02. The average molecular weight is 312 g/mol. The van der Waals surface area contributed by atoms with Crippen molar-refractivity contribution < 1.29 is 5.11 Å². The van der Waals surface area contributed by atoms with Gasteiger partial charge in [0, 0.05) is 0 Å². The molecule has 0 aliphatic carbocycles. The van der Waals surface area contributed by atoms with Crippen LogP contribution in [0.5, 0.6) is 5.75 Å². The Morgan fingerprint density at radius 2 is 1.89 bits per heavy atom. The summed E-state index contributed by atoms with van der Waals surface area (Å²) >= 11 is -0.661. The van der Waals surface area contributed by atoms with E-state index in [0.717, 1.165) is 19.7 Å². The molecule has 19 heavy (non-hydrogen) atoms. The standard InChI is InChI=1S/C15H13AsN2O/c1-10-6-7-13-11(8-10)15(18-9-17-13)16-12-4-2-3-5-14(12)19/h2-9,16,19H,1H3. The van der Waals surface area contributed by atoms with E-state index in [2.05, 4.69) is 29.0 Å². The molecule has 94 valence electrons. The zero-order valence-electron chi connectivity index (χ0n) is 10.5. The first kappa shape index (κ1) is 12.2. The van der Waals surface area contributed by atoms with Crippen molar-refractivity contribution in [1.29, 1.82) is 0 Å². The number of aryl methyl sites for hydroxylation is 1. The molecule has 0 spiro atoms. The van der Waals surface area contributed by atoms with Crippen LogP contribution in [-0.2, 0) is 0 Å². The van der Waals surface area contributed by atoms with Crippen LogP contribution < -0.4 is 8.83 Å². The fourth-order valence-corrected chi connectivity index (χ4v) is 4.29. The summed E-state index contributed by atoms with van der Waals surface area (Å²) in [5, 5.41) is 11.0. The van der Waals surface area contributed by atoms with Gasteiger partial charge in [-0.05, 0) is 0 Å². The van der Waals surface area contributed by atoms with Crippen LogP contribution in [0.15, 0.2) is 48.8 Å². The summed E-state index contributed by atoms with van der Waals surface area (Å²) in [5.74, 6) is 0.363. The Labute approximate surface area is 118 Å². The number of para-hydroxylation sites is 1. The van der Waals surface area contributed by atoms with Crippen LogP contribution in [0.4, 0.5) is 0 Å². The van der Waals surface area contributed by atoms with E-state index in [-0.39, 0.29) is 0 Å². The van der Waals surface area contributed by atoms with Crippen molar-refractivity contribution in [3.8, 4) is 5.75 Å². The Bertz CT molecular complexity index is 743. The Morgan fingerprint density at radius 3 is 2.74 bits per heavy atom. The maximum atomic E-state index is 9.89. The van der Waals surface area contributed by atoms with Crippen molar-refractivity contribution in [2.45, 2.75) is 6.92 Å². The molecule has 0 saturated carbocycles. The third kappa shape index (κ3) is 2.47. The van der Waals surface area contributed by atoms with E-state index < -0.39 is 15.8 Å². The number of phenolic OH excluding ortho intramolecular Hbond substituents is 1. The summed E-state index contributed by atoms with van der Waals surface area (Å²) in [6, 6.07) is 13.7. The van der Waals surface area contributed by atoms with Crippen molar-refractivity contribution in [3.05, 3.63) is 54.4 Å². The molecule has 1 N–H and O–H groups in total. The van der Waals surface area contributed by atoms with Gasteiger partial charge in [0.05, 0.1) is 0 Å². The third-order valence-electron chi connectivity index (χ3n) is 2.95. The number of rotatable bonds is 2. The quantitative estimate of drug-likeness (QED) is 0.719. The van der Waals surface area contributed by atoms with Crippen LogP contribution in [0.2, 0.25) is 0 Å². The zero-order valence-corrected chi connectivity index (χ0v) is 12.6. The Balaban J connectivity index is 2.10. The summed E-state index contributed by atoms with van der Waals surface area (Å²) in [5.41, 5.74) is 2.17. The van der Waals surface area contributed by atoms with E-state index >= 15 is 0 Å². The first-order valence-corrected chi connectivity index (χ1v) is 8.10. The predicted octanol–water partition coefficient (Wildman–Crippen LogP) is 1.03. The molecule has 4 heteroatoms. The van der Waals surface area contributed by atoms with Crippen LogP contribution in [-0.4, -0.2) is 30.8 Å². The Hall–Kier alpha value is -1.86. The monoisotopic (exact) mass is 312 g/mol. The third-order valence-corrected chi connectivity index (χ3v) is 5.73. The summed E-state index contributed by atoms with van der Waals surface area (Å²) in [7, 11) is 0. The Morgan fingerprint density at radius 1 is 1.05 bits per heavy atom. The molecular weight excluding hydrogens is 299 g/mol. The van der Waals surface area contributed by atoms with Crippen LogP contribution in [0, 0.1) is 6.92 Å². The SMILES string of the molecule is Cc1ccc2ncnc([AsH]c3ccccc3O)c2c1. The van der Waals surface area contributed by atoms with Gasteiger partial charge >= 0.3 is 118 Å². The van der Waals surface area contributed by atoms with Crippen molar-refractivity contribution in [2.24, 2.45) is 0 Å². The van der Waals surface area contributed by atoms with Crippen LogP contribution >= 0.6 is 0 Å². The molecule has 0 fully saturated rings. The van der Waals surface area contributed by atoms with Crippen molar-refractivity contribution in [2.75, 3.05) is 0 Å².